The van der Waals surface area contributed by atoms with Gasteiger partial charge in [0.1, 0.15) is 5.56 Å². The maximum Gasteiger partial charge on any atom is 0.256 e. The largest absolute Gasteiger partial charge is 0.390 e. The fraction of sp³-hybridized carbons (Fsp3) is 0.650. The summed E-state index contributed by atoms with van der Waals surface area (Å²) in [5.41, 5.74) is 0.118. The van der Waals surface area contributed by atoms with E-state index < -0.39 is 5.60 Å². The lowest BCUT2D eigenvalue weighted by Crippen LogP contribution is -2.61. The van der Waals surface area contributed by atoms with Gasteiger partial charge in [-0.25, -0.2) is 9.36 Å². The van der Waals surface area contributed by atoms with E-state index in [0.717, 1.165) is 50.8 Å². The van der Waals surface area contributed by atoms with Crippen LogP contribution in [0.3, 0.4) is 0 Å². The highest BCUT2D eigenvalue weighted by atomic mass is 16.3. The maximum absolute atomic E-state index is 13.2. The third-order valence-electron chi connectivity index (χ3n) is 7.17. The predicted octanol–water partition coefficient (Wildman–Crippen LogP) is 2.07. The van der Waals surface area contributed by atoms with Crippen LogP contribution in [0.5, 0.6) is 0 Å². The summed E-state index contributed by atoms with van der Waals surface area (Å²) in [4.78, 5) is 13.2. The van der Waals surface area contributed by atoms with Gasteiger partial charge in [0, 0.05) is 18.4 Å². The summed E-state index contributed by atoms with van der Waals surface area (Å²) in [7, 11) is 0. The van der Waals surface area contributed by atoms with Crippen molar-refractivity contribution in [1.29, 1.82) is 0 Å². The minimum absolute atomic E-state index is 0.0585. The van der Waals surface area contributed by atoms with Crippen LogP contribution in [0.1, 0.15) is 61.3 Å². The number of nitrogens with one attached hydrogen (secondary N) is 1. The monoisotopic (exact) mass is 367 g/mol. The van der Waals surface area contributed by atoms with E-state index in [9.17, 15) is 9.90 Å². The van der Waals surface area contributed by atoms with Crippen molar-refractivity contribution >= 4 is 5.91 Å². The molecular formula is C20H25N5O2. The Bertz CT molecular complexity index is 868. The van der Waals surface area contributed by atoms with Crippen molar-refractivity contribution in [3.8, 4) is 5.82 Å². The minimum atomic E-state index is -0.477. The van der Waals surface area contributed by atoms with Gasteiger partial charge in [-0.2, -0.15) is 10.2 Å². The molecule has 7 heteroatoms. The molecule has 2 heterocycles. The molecule has 2 aromatic rings. The van der Waals surface area contributed by atoms with Crippen LogP contribution in [-0.2, 0) is 0 Å². The molecule has 0 aliphatic heterocycles. The number of carbonyl (C=O) groups is 1. The molecule has 0 radical (unpaired) electrons. The highest BCUT2D eigenvalue weighted by Crippen LogP contribution is 2.55. The van der Waals surface area contributed by atoms with Crippen molar-refractivity contribution in [2.45, 2.75) is 62.6 Å². The fourth-order valence-electron chi connectivity index (χ4n) is 6.17. The first-order valence-electron chi connectivity index (χ1n) is 10.2. The Morgan fingerprint density at radius 2 is 1.96 bits per heavy atom. The molecule has 5 aliphatic rings. The van der Waals surface area contributed by atoms with E-state index in [1.807, 2.05) is 16.9 Å². The molecule has 5 aliphatic carbocycles. The summed E-state index contributed by atoms with van der Waals surface area (Å²) < 4.78 is 3.70. The van der Waals surface area contributed by atoms with E-state index in [1.165, 1.54) is 0 Å². The number of hydrogen-bond donors (Lipinski definition) is 2. The molecule has 7 nitrogen and oxygen atoms in total. The zero-order chi connectivity index (χ0) is 18.2. The Morgan fingerprint density at radius 1 is 1.19 bits per heavy atom. The molecule has 2 aromatic heterocycles. The molecule has 2 atom stereocenters. The van der Waals surface area contributed by atoms with E-state index in [2.05, 4.69) is 15.5 Å². The van der Waals surface area contributed by atoms with Gasteiger partial charge in [-0.05, 0) is 68.8 Å². The second kappa shape index (κ2) is 5.44. The van der Waals surface area contributed by atoms with Crippen LogP contribution < -0.4 is 5.32 Å². The van der Waals surface area contributed by atoms with E-state index >= 15 is 0 Å². The first-order chi connectivity index (χ1) is 13.1. The molecule has 2 N–H and O–H groups in total. The number of rotatable bonds is 4. The number of hydrogen-bond acceptors (Lipinski definition) is 4. The Morgan fingerprint density at radius 3 is 2.59 bits per heavy atom. The van der Waals surface area contributed by atoms with Gasteiger partial charge in [0.2, 0.25) is 0 Å². The SMILES string of the molecule is O=C(NC1[C@H]2CC3C[C@H]1CC(O)(C3)C2)c1cnn(C2CC2)c1-n1cccn1. The molecule has 5 fully saturated rings. The van der Waals surface area contributed by atoms with Crippen LogP contribution in [0.2, 0.25) is 0 Å². The Labute approximate surface area is 157 Å². The number of aromatic nitrogens is 4. The molecule has 1 amide bonds. The third-order valence-corrected chi connectivity index (χ3v) is 7.17. The molecule has 0 spiro atoms. The van der Waals surface area contributed by atoms with Crippen LogP contribution in [-0.4, -0.2) is 42.2 Å². The molecule has 5 saturated carbocycles. The summed E-state index contributed by atoms with van der Waals surface area (Å²) in [5.74, 6) is 2.14. The third kappa shape index (κ3) is 2.47. The van der Waals surface area contributed by atoms with Crippen molar-refractivity contribution in [3.05, 3.63) is 30.2 Å². The van der Waals surface area contributed by atoms with Crippen molar-refractivity contribution in [3.63, 3.8) is 0 Å². The van der Waals surface area contributed by atoms with Gasteiger partial charge in [0.25, 0.3) is 5.91 Å². The zero-order valence-corrected chi connectivity index (χ0v) is 15.3. The number of nitrogens with zero attached hydrogens (tertiary/aromatic N) is 4. The highest BCUT2D eigenvalue weighted by molar-refractivity contribution is 5.97. The zero-order valence-electron chi connectivity index (χ0n) is 15.3. The number of carbonyl (C=O) groups excluding carboxylic acids is 1. The van der Waals surface area contributed by atoms with Gasteiger partial charge in [-0.1, -0.05) is 0 Å². The molecule has 142 valence electrons. The summed E-state index contributed by atoms with van der Waals surface area (Å²) in [6.45, 7) is 0. The summed E-state index contributed by atoms with van der Waals surface area (Å²) in [6, 6.07) is 2.41. The van der Waals surface area contributed by atoms with Gasteiger partial charge in [0.05, 0.1) is 17.8 Å². The van der Waals surface area contributed by atoms with Crippen LogP contribution >= 0.6 is 0 Å². The maximum atomic E-state index is 13.2. The van der Waals surface area contributed by atoms with Crippen molar-refractivity contribution < 1.29 is 9.90 Å². The summed E-state index contributed by atoms with van der Waals surface area (Å²) in [5, 5.41) is 23.0. The van der Waals surface area contributed by atoms with Gasteiger partial charge >= 0.3 is 0 Å². The lowest BCUT2D eigenvalue weighted by atomic mass is 9.52. The molecular weight excluding hydrogens is 342 g/mol. The van der Waals surface area contributed by atoms with Crippen LogP contribution in [0, 0.1) is 17.8 Å². The average Bonchev–Trinajstić information content (AvgIpc) is 3.15. The standard InChI is InChI=1S/C20H25N5O2/c26-18(23-17-13-6-12-7-14(17)10-20(27,8-12)9-13)16-11-22-25(15-2-3-15)19(16)24-5-1-4-21-24/h1,4-5,11-15,17,27H,2-3,6-10H2,(H,23,26)/t12?,13-,14-,17?,20?/m0/s1. The minimum Gasteiger partial charge on any atom is -0.390 e. The van der Waals surface area contributed by atoms with E-state index in [-0.39, 0.29) is 11.9 Å². The Kier molecular flexibility index (Phi) is 3.20. The number of amides is 1. The first kappa shape index (κ1) is 15.9. The summed E-state index contributed by atoms with van der Waals surface area (Å²) in [6.07, 6.45) is 12.4. The van der Waals surface area contributed by atoms with Crippen molar-refractivity contribution in [2.75, 3.05) is 0 Å². The van der Waals surface area contributed by atoms with Gasteiger partial charge in [0.15, 0.2) is 5.82 Å². The van der Waals surface area contributed by atoms with Crippen molar-refractivity contribution in [2.24, 2.45) is 17.8 Å². The van der Waals surface area contributed by atoms with Gasteiger partial charge in [-0.3, -0.25) is 4.79 Å². The molecule has 27 heavy (non-hydrogen) atoms. The highest BCUT2D eigenvalue weighted by Gasteiger charge is 2.55. The smallest absolute Gasteiger partial charge is 0.256 e. The second-order valence-electron chi connectivity index (χ2n) is 9.20. The molecule has 0 saturated heterocycles. The molecule has 4 bridgehead atoms. The average molecular weight is 367 g/mol. The summed E-state index contributed by atoms with van der Waals surface area (Å²) >= 11 is 0. The molecule has 7 rings (SSSR count). The normalized spacial score (nSPS) is 36.9. The van der Waals surface area contributed by atoms with Crippen LogP contribution in [0.25, 0.3) is 5.82 Å². The first-order valence-corrected chi connectivity index (χ1v) is 10.2. The van der Waals surface area contributed by atoms with E-state index in [1.54, 1.807) is 17.1 Å². The predicted molar refractivity (Wildman–Crippen MR) is 97.4 cm³/mol. The Balaban J connectivity index is 1.29. The van der Waals surface area contributed by atoms with Crippen molar-refractivity contribution in [1.82, 2.24) is 24.9 Å². The second-order valence-corrected chi connectivity index (χ2v) is 9.20. The fourth-order valence-corrected chi connectivity index (χ4v) is 6.17. The lowest BCUT2D eigenvalue weighted by Gasteiger charge is -2.58. The number of aliphatic hydroxyl groups is 1. The van der Waals surface area contributed by atoms with Gasteiger partial charge < -0.3 is 10.4 Å². The van der Waals surface area contributed by atoms with Gasteiger partial charge in [-0.15, -0.1) is 0 Å². The topological polar surface area (TPSA) is 85.0 Å². The van der Waals surface area contributed by atoms with E-state index in [4.69, 9.17) is 0 Å². The lowest BCUT2D eigenvalue weighted by molar-refractivity contribution is -0.136. The Hall–Kier alpha value is -2.15. The van der Waals surface area contributed by atoms with E-state index in [0.29, 0.717) is 29.4 Å². The molecule has 0 unspecified atom stereocenters. The quantitative estimate of drug-likeness (QED) is 0.866. The molecule has 0 aromatic carbocycles. The van der Waals surface area contributed by atoms with Crippen LogP contribution in [0.4, 0.5) is 0 Å². The van der Waals surface area contributed by atoms with Crippen LogP contribution in [0.15, 0.2) is 24.7 Å².